The molecule has 0 aliphatic carbocycles. The zero-order valence-corrected chi connectivity index (χ0v) is 11.6. The second-order valence-electron chi connectivity index (χ2n) is 4.57. The molecule has 0 amide bonds. The molecule has 0 radical (unpaired) electrons. The van der Waals surface area contributed by atoms with Crippen molar-refractivity contribution in [3.05, 3.63) is 30.2 Å². The number of fused-ring (bicyclic) bond motifs is 1. The van der Waals surface area contributed by atoms with Crippen molar-refractivity contribution in [2.45, 2.75) is 37.6 Å². The fourth-order valence-electron chi connectivity index (χ4n) is 2.20. The van der Waals surface area contributed by atoms with E-state index in [4.69, 9.17) is 5.14 Å². The second-order valence-corrected chi connectivity index (χ2v) is 6.10. The summed E-state index contributed by atoms with van der Waals surface area (Å²) in [5, 5.41) is 5.24. The van der Waals surface area contributed by atoms with Crippen LogP contribution in [-0.2, 0) is 16.6 Å². The normalized spacial score (nSPS) is 12.2. The summed E-state index contributed by atoms with van der Waals surface area (Å²) in [6, 6.07) is 4.52. The summed E-state index contributed by atoms with van der Waals surface area (Å²) in [5.41, 5.74) is 0.570. The molecule has 0 atom stereocenters. The van der Waals surface area contributed by atoms with Gasteiger partial charge < -0.3 is 4.57 Å². The maximum Gasteiger partial charge on any atom is 0.240 e. The number of aryl methyl sites for hydroxylation is 1. The Morgan fingerprint density at radius 3 is 2.68 bits per heavy atom. The molecule has 104 valence electrons. The van der Waals surface area contributed by atoms with Gasteiger partial charge in [-0.15, -0.1) is 0 Å². The van der Waals surface area contributed by atoms with E-state index in [-0.39, 0.29) is 10.3 Å². The van der Waals surface area contributed by atoms with Crippen molar-refractivity contribution in [1.82, 2.24) is 4.57 Å². The van der Waals surface area contributed by atoms with Crippen molar-refractivity contribution in [3.8, 4) is 0 Å². The van der Waals surface area contributed by atoms with Crippen LogP contribution in [0.1, 0.15) is 26.2 Å². The van der Waals surface area contributed by atoms with Crippen molar-refractivity contribution in [2.24, 2.45) is 5.14 Å². The third kappa shape index (κ3) is 2.79. The molecule has 1 aromatic heterocycles. The first kappa shape index (κ1) is 14.0. The number of unbranched alkanes of at least 4 members (excludes halogenated alkanes) is 2. The second kappa shape index (κ2) is 5.30. The van der Waals surface area contributed by atoms with Crippen LogP contribution in [-0.4, -0.2) is 13.0 Å². The number of hydrogen-bond acceptors (Lipinski definition) is 2. The van der Waals surface area contributed by atoms with Crippen molar-refractivity contribution in [3.63, 3.8) is 0 Å². The van der Waals surface area contributed by atoms with Crippen LogP contribution in [0.15, 0.2) is 29.3 Å². The largest absolute Gasteiger partial charge is 0.346 e. The molecule has 0 saturated carbocycles. The van der Waals surface area contributed by atoms with E-state index < -0.39 is 15.8 Å². The molecule has 0 fully saturated rings. The Morgan fingerprint density at radius 1 is 1.32 bits per heavy atom. The average molecular weight is 284 g/mol. The summed E-state index contributed by atoms with van der Waals surface area (Å²) in [7, 11) is -3.92. The van der Waals surface area contributed by atoms with Gasteiger partial charge in [0.2, 0.25) is 10.0 Å². The number of halogens is 1. The highest BCUT2D eigenvalue weighted by molar-refractivity contribution is 7.89. The Balaban J connectivity index is 2.58. The molecule has 0 aliphatic heterocycles. The van der Waals surface area contributed by atoms with Crippen LogP contribution < -0.4 is 5.14 Å². The minimum Gasteiger partial charge on any atom is -0.346 e. The molecule has 2 rings (SSSR count). The molecular weight excluding hydrogens is 267 g/mol. The highest BCUT2D eigenvalue weighted by Crippen LogP contribution is 2.27. The van der Waals surface area contributed by atoms with Crippen LogP contribution in [0.3, 0.4) is 0 Å². The highest BCUT2D eigenvalue weighted by atomic mass is 32.2. The van der Waals surface area contributed by atoms with Gasteiger partial charge in [-0.05, 0) is 18.6 Å². The summed E-state index contributed by atoms with van der Waals surface area (Å²) in [4.78, 5) is -0.142. The molecule has 0 aliphatic rings. The van der Waals surface area contributed by atoms with Gasteiger partial charge in [0.1, 0.15) is 10.7 Å². The lowest BCUT2D eigenvalue weighted by Gasteiger charge is -2.04. The van der Waals surface area contributed by atoms with Crippen LogP contribution in [0.4, 0.5) is 4.39 Å². The number of aromatic nitrogens is 1. The van der Waals surface area contributed by atoms with Gasteiger partial charge in [0.05, 0.1) is 10.9 Å². The van der Waals surface area contributed by atoms with E-state index in [1.807, 2.05) is 0 Å². The molecule has 2 aromatic rings. The molecule has 4 nitrogen and oxygen atoms in total. The molecule has 1 heterocycles. The van der Waals surface area contributed by atoms with Gasteiger partial charge in [0, 0.05) is 12.7 Å². The lowest BCUT2D eigenvalue weighted by Crippen LogP contribution is -2.12. The number of nitrogens with zero attached hydrogens (tertiary/aromatic N) is 1. The summed E-state index contributed by atoms with van der Waals surface area (Å²) >= 11 is 0. The summed E-state index contributed by atoms with van der Waals surface area (Å²) in [6.07, 6.45) is 4.45. The van der Waals surface area contributed by atoms with Crippen LogP contribution in [0.2, 0.25) is 0 Å². The first-order valence-corrected chi connectivity index (χ1v) is 7.80. The Hall–Kier alpha value is -1.40. The zero-order chi connectivity index (χ0) is 14.0. The van der Waals surface area contributed by atoms with Gasteiger partial charge in [-0.2, -0.15) is 0 Å². The third-order valence-corrected chi connectivity index (χ3v) is 4.05. The lowest BCUT2D eigenvalue weighted by atomic mass is 10.2. The van der Waals surface area contributed by atoms with E-state index in [9.17, 15) is 12.8 Å². The van der Waals surface area contributed by atoms with Crippen molar-refractivity contribution in [2.75, 3.05) is 0 Å². The lowest BCUT2D eigenvalue weighted by molar-refractivity contribution is 0.593. The number of hydrogen-bond donors (Lipinski definition) is 1. The molecule has 19 heavy (non-hydrogen) atoms. The number of primary sulfonamides is 1. The van der Waals surface area contributed by atoms with Crippen LogP contribution >= 0.6 is 0 Å². The quantitative estimate of drug-likeness (QED) is 0.858. The van der Waals surface area contributed by atoms with E-state index in [0.717, 1.165) is 19.3 Å². The standard InChI is InChI=1S/C13H17FN2O2S/c1-2-3-4-8-16-9-12(19(15,17)18)13-10(14)6-5-7-11(13)16/h5-7,9H,2-4,8H2,1H3,(H2,15,17,18). The van der Waals surface area contributed by atoms with E-state index in [1.54, 1.807) is 16.7 Å². The average Bonchev–Trinajstić information content (AvgIpc) is 2.70. The third-order valence-electron chi connectivity index (χ3n) is 3.13. The van der Waals surface area contributed by atoms with Crippen LogP contribution in [0.25, 0.3) is 10.9 Å². The fraction of sp³-hybridized carbons (Fsp3) is 0.385. The summed E-state index contributed by atoms with van der Waals surface area (Å²) in [5.74, 6) is -0.559. The van der Waals surface area contributed by atoms with Crippen molar-refractivity contribution < 1.29 is 12.8 Å². The number of rotatable bonds is 5. The smallest absolute Gasteiger partial charge is 0.240 e. The van der Waals surface area contributed by atoms with Gasteiger partial charge in [0.25, 0.3) is 0 Å². The van der Waals surface area contributed by atoms with E-state index in [1.165, 1.54) is 12.3 Å². The Labute approximate surface area is 112 Å². The highest BCUT2D eigenvalue weighted by Gasteiger charge is 2.19. The maximum absolute atomic E-state index is 13.8. The van der Waals surface area contributed by atoms with E-state index in [2.05, 4.69) is 6.92 Å². The monoisotopic (exact) mass is 284 g/mol. The number of nitrogens with two attached hydrogens (primary N) is 1. The topological polar surface area (TPSA) is 65.1 Å². The fourth-order valence-corrected chi connectivity index (χ4v) is 2.97. The van der Waals surface area contributed by atoms with E-state index in [0.29, 0.717) is 12.1 Å². The minimum absolute atomic E-state index is 0.0847. The van der Waals surface area contributed by atoms with Crippen molar-refractivity contribution >= 4 is 20.9 Å². The van der Waals surface area contributed by atoms with Crippen LogP contribution in [0.5, 0.6) is 0 Å². The molecule has 2 N–H and O–H groups in total. The Kier molecular flexibility index (Phi) is 3.91. The molecular formula is C13H17FN2O2S. The molecule has 0 spiro atoms. The predicted octanol–water partition coefficient (Wildman–Crippen LogP) is 2.62. The molecule has 0 bridgehead atoms. The number of benzene rings is 1. The Morgan fingerprint density at radius 2 is 2.05 bits per heavy atom. The van der Waals surface area contributed by atoms with Crippen molar-refractivity contribution in [1.29, 1.82) is 0 Å². The van der Waals surface area contributed by atoms with Gasteiger partial charge >= 0.3 is 0 Å². The Bertz CT molecular complexity index is 692. The molecule has 6 heteroatoms. The predicted molar refractivity (Wildman–Crippen MR) is 72.8 cm³/mol. The first-order valence-electron chi connectivity index (χ1n) is 6.25. The molecule has 1 aromatic carbocycles. The number of sulfonamides is 1. The van der Waals surface area contributed by atoms with Gasteiger partial charge in [-0.25, -0.2) is 17.9 Å². The zero-order valence-electron chi connectivity index (χ0n) is 10.8. The van der Waals surface area contributed by atoms with Gasteiger partial charge in [-0.1, -0.05) is 25.8 Å². The maximum atomic E-state index is 13.8. The summed E-state index contributed by atoms with van der Waals surface area (Å²) in [6.45, 7) is 2.74. The first-order chi connectivity index (χ1) is 8.95. The minimum atomic E-state index is -3.92. The molecule has 0 saturated heterocycles. The van der Waals surface area contributed by atoms with E-state index >= 15 is 0 Å². The van der Waals surface area contributed by atoms with Gasteiger partial charge in [-0.3, -0.25) is 0 Å². The van der Waals surface area contributed by atoms with Gasteiger partial charge in [0.15, 0.2) is 0 Å². The van der Waals surface area contributed by atoms with Crippen LogP contribution in [0, 0.1) is 5.82 Å². The summed E-state index contributed by atoms with van der Waals surface area (Å²) < 4.78 is 38.7. The SMILES string of the molecule is CCCCCn1cc(S(N)(=O)=O)c2c(F)cccc21. The molecule has 0 unspecified atom stereocenters.